The number of phenolic OH excluding ortho intramolecular Hbond substituents is 1. The molecule has 1 aliphatic carbocycles. The van der Waals surface area contributed by atoms with Crippen molar-refractivity contribution in [3.05, 3.63) is 70.8 Å². The molecule has 1 atom stereocenters. The van der Waals surface area contributed by atoms with Gasteiger partial charge < -0.3 is 14.9 Å². The van der Waals surface area contributed by atoms with E-state index in [1.165, 1.54) is 29.7 Å². The Kier molecular flexibility index (Phi) is 5.01. The van der Waals surface area contributed by atoms with E-state index in [2.05, 4.69) is 53.1 Å². The summed E-state index contributed by atoms with van der Waals surface area (Å²) in [6.45, 7) is 6.94. The second kappa shape index (κ2) is 7.82. The lowest BCUT2D eigenvalue weighted by molar-refractivity contribution is 0.223. The standard InChI is InChI=1S/C26H31N3O/c1-18-6-9-20(10-7-18)25(21-12-13-21)29-16-4-15-28-23(5-3-14-27-26(28)29)22-11-8-19(2)24(30)17-22/h5-11,17,21,25,30H,3-4,12-16H2,1-2H3. The van der Waals surface area contributed by atoms with Crippen LogP contribution in [0.15, 0.2) is 53.5 Å². The molecule has 1 saturated heterocycles. The molecular weight excluding hydrogens is 370 g/mol. The summed E-state index contributed by atoms with van der Waals surface area (Å²) in [5.74, 6) is 2.19. The van der Waals surface area contributed by atoms with Gasteiger partial charge in [0.1, 0.15) is 5.75 Å². The van der Waals surface area contributed by atoms with Crippen LogP contribution in [0.1, 0.15) is 54.0 Å². The van der Waals surface area contributed by atoms with Crippen molar-refractivity contribution in [2.45, 2.75) is 45.6 Å². The molecule has 4 heteroatoms. The maximum absolute atomic E-state index is 10.3. The van der Waals surface area contributed by atoms with Crippen LogP contribution < -0.4 is 0 Å². The first-order valence-electron chi connectivity index (χ1n) is 11.3. The lowest BCUT2D eigenvalue weighted by atomic mass is 9.98. The van der Waals surface area contributed by atoms with E-state index in [-0.39, 0.29) is 0 Å². The van der Waals surface area contributed by atoms with Crippen LogP contribution in [0.5, 0.6) is 5.75 Å². The molecule has 0 amide bonds. The first-order valence-corrected chi connectivity index (χ1v) is 11.3. The van der Waals surface area contributed by atoms with Gasteiger partial charge in [0.15, 0.2) is 0 Å². The van der Waals surface area contributed by atoms with E-state index in [0.29, 0.717) is 11.8 Å². The van der Waals surface area contributed by atoms with E-state index in [1.54, 1.807) is 0 Å². The van der Waals surface area contributed by atoms with Gasteiger partial charge in [-0.15, -0.1) is 0 Å². The summed E-state index contributed by atoms with van der Waals surface area (Å²) in [4.78, 5) is 10.0. The topological polar surface area (TPSA) is 39.1 Å². The Hall–Kier alpha value is -2.75. The minimum Gasteiger partial charge on any atom is -0.508 e. The predicted octanol–water partition coefficient (Wildman–Crippen LogP) is 5.27. The number of rotatable bonds is 4. The molecule has 2 fully saturated rings. The molecule has 4 nitrogen and oxygen atoms in total. The van der Waals surface area contributed by atoms with Crippen LogP contribution >= 0.6 is 0 Å². The Balaban J connectivity index is 1.51. The fourth-order valence-electron chi connectivity index (χ4n) is 4.82. The van der Waals surface area contributed by atoms with Gasteiger partial charge in [-0.2, -0.15) is 0 Å². The highest BCUT2D eigenvalue weighted by Gasteiger charge is 2.41. The number of aryl methyl sites for hydroxylation is 2. The molecule has 3 aliphatic rings. The zero-order valence-electron chi connectivity index (χ0n) is 18.0. The average Bonchev–Trinajstić information content (AvgIpc) is 3.59. The molecule has 1 unspecified atom stereocenters. The summed E-state index contributed by atoms with van der Waals surface area (Å²) in [7, 11) is 0. The smallest absolute Gasteiger partial charge is 0.201 e. The van der Waals surface area contributed by atoms with E-state index >= 15 is 0 Å². The van der Waals surface area contributed by atoms with Crippen LogP contribution in [0.25, 0.3) is 5.70 Å². The first-order chi connectivity index (χ1) is 14.6. The van der Waals surface area contributed by atoms with Gasteiger partial charge in [0.2, 0.25) is 5.96 Å². The van der Waals surface area contributed by atoms with Gasteiger partial charge in [-0.05, 0) is 62.6 Å². The van der Waals surface area contributed by atoms with Crippen molar-refractivity contribution in [2.24, 2.45) is 10.9 Å². The molecule has 1 saturated carbocycles. The van der Waals surface area contributed by atoms with Crippen LogP contribution in [0.4, 0.5) is 0 Å². The SMILES string of the molecule is Cc1ccc(C(C2CC2)N2CCCN3C(c4ccc(C)c(O)c4)=CCCN=C32)cc1. The van der Waals surface area contributed by atoms with Crippen molar-refractivity contribution in [3.63, 3.8) is 0 Å². The van der Waals surface area contributed by atoms with Gasteiger partial charge in [-0.1, -0.05) is 48.0 Å². The number of benzene rings is 2. The van der Waals surface area contributed by atoms with E-state index < -0.39 is 0 Å². The molecule has 2 heterocycles. The average molecular weight is 402 g/mol. The quantitative estimate of drug-likeness (QED) is 0.759. The molecule has 5 rings (SSSR count). The number of guanidine groups is 1. The summed E-state index contributed by atoms with van der Waals surface area (Å²) >= 11 is 0. The number of nitrogens with zero attached hydrogens (tertiary/aromatic N) is 3. The molecule has 0 bridgehead atoms. The van der Waals surface area contributed by atoms with Crippen molar-refractivity contribution in [2.75, 3.05) is 19.6 Å². The fourth-order valence-corrected chi connectivity index (χ4v) is 4.82. The third-order valence-corrected chi connectivity index (χ3v) is 6.62. The van der Waals surface area contributed by atoms with Crippen molar-refractivity contribution in [1.29, 1.82) is 0 Å². The molecule has 2 aromatic rings. The second-order valence-corrected chi connectivity index (χ2v) is 8.95. The van der Waals surface area contributed by atoms with E-state index in [0.717, 1.165) is 55.5 Å². The first kappa shape index (κ1) is 19.2. The van der Waals surface area contributed by atoms with Crippen molar-refractivity contribution in [3.8, 4) is 5.75 Å². The van der Waals surface area contributed by atoms with E-state index in [1.807, 2.05) is 19.1 Å². The minimum atomic E-state index is 0.362. The third kappa shape index (κ3) is 3.60. The van der Waals surface area contributed by atoms with Gasteiger partial charge in [0, 0.05) is 30.9 Å². The van der Waals surface area contributed by atoms with Crippen LogP contribution in [-0.2, 0) is 0 Å². The molecule has 0 spiro atoms. The Morgan fingerprint density at radius 3 is 2.57 bits per heavy atom. The van der Waals surface area contributed by atoms with Gasteiger partial charge in [0.05, 0.1) is 6.04 Å². The van der Waals surface area contributed by atoms with E-state index in [9.17, 15) is 5.11 Å². The summed E-state index contributed by atoms with van der Waals surface area (Å²) in [6, 6.07) is 15.5. The highest BCUT2D eigenvalue weighted by molar-refractivity contribution is 5.91. The van der Waals surface area contributed by atoms with Gasteiger partial charge in [0.25, 0.3) is 0 Å². The van der Waals surface area contributed by atoms with Crippen molar-refractivity contribution < 1.29 is 5.11 Å². The third-order valence-electron chi connectivity index (χ3n) is 6.62. The number of aliphatic imine (C=N–C) groups is 1. The largest absolute Gasteiger partial charge is 0.508 e. The Bertz CT molecular complexity index is 988. The van der Waals surface area contributed by atoms with Gasteiger partial charge in [-0.25, -0.2) is 0 Å². The molecule has 30 heavy (non-hydrogen) atoms. The lowest BCUT2D eigenvalue weighted by Crippen LogP contribution is -2.51. The van der Waals surface area contributed by atoms with Gasteiger partial charge >= 0.3 is 0 Å². The minimum absolute atomic E-state index is 0.362. The molecule has 2 aromatic carbocycles. The fraction of sp³-hybridized carbons (Fsp3) is 0.423. The molecule has 156 valence electrons. The molecule has 0 radical (unpaired) electrons. The second-order valence-electron chi connectivity index (χ2n) is 8.95. The maximum atomic E-state index is 10.3. The summed E-state index contributed by atoms with van der Waals surface area (Å²) in [5, 5.41) is 10.3. The highest BCUT2D eigenvalue weighted by Crippen LogP contribution is 2.46. The van der Waals surface area contributed by atoms with Crippen molar-refractivity contribution >= 4 is 11.7 Å². The maximum Gasteiger partial charge on any atom is 0.201 e. The van der Waals surface area contributed by atoms with Crippen LogP contribution in [0.3, 0.4) is 0 Å². The molecule has 0 aromatic heterocycles. The number of hydrogen-bond acceptors (Lipinski definition) is 4. The summed E-state index contributed by atoms with van der Waals surface area (Å²) in [5.41, 5.74) is 5.90. The Morgan fingerprint density at radius 1 is 1.03 bits per heavy atom. The molecule has 1 N–H and O–H groups in total. The number of phenols is 1. The number of hydrogen-bond donors (Lipinski definition) is 1. The van der Waals surface area contributed by atoms with E-state index in [4.69, 9.17) is 4.99 Å². The monoisotopic (exact) mass is 401 g/mol. The Morgan fingerprint density at radius 2 is 1.83 bits per heavy atom. The normalized spacial score (nSPS) is 20.2. The van der Waals surface area contributed by atoms with Gasteiger partial charge in [-0.3, -0.25) is 4.99 Å². The zero-order valence-corrected chi connectivity index (χ0v) is 18.0. The van der Waals surface area contributed by atoms with Crippen LogP contribution in [0, 0.1) is 19.8 Å². The summed E-state index contributed by atoms with van der Waals surface area (Å²) in [6.07, 6.45) is 6.94. The molecular formula is C26H31N3O. The highest BCUT2D eigenvalue weighted by atomic mass is 16.3. The Labute approximate surface area is 179 Å². The predicted molar refractivity (Wildman–Crippen MR) is 122 cm³/mol. The van der Waals surface area contributed by atoms with Crippen LogP contribution in [0.2, 0.25) is 0 Å². The number of fused-ring (bicyclic) bond motifs is 1. The lowest BCUT2D eigenvalue weighted by Gasteiger charge is -2.44. The number of aromatic hydroxyl groups is 1. The zero-order chi connectivity index (χ0) is 20.7. The molecule has 2 aliphatic heterocycles. The van der Waals surface area contributed by atoms with Crippen molar-refractivity contribution in [1.82, 2.24) is 9.80 Å². The summed E-state index contributed by atoms with van der Waals surface area (Å²) < 4.78 is 0. The van der Waals surface area contributed by atoms with Crippen LogP contribution in [-0.4, -0.2) is 40.5 Å².